The van der Waals surface area contributed by atoms with Crippen LogP contribution in [0, 0.1) is 7.14 Å². The van der Waals surface area contributed by atoms with E-state index in [0.717, 1.165) is 14.7 Å². The van der Waals surface area contributed by atoms with Gasteiger partial charge in [0.15, 0.2) is 21.8 Å². The van der Waals surface area contributed by atoms with Gasteiger partial charge in [-0.1, -0.05) is 127 Å². The maximum atomic E-state index is 12.2. The summed E-state index contributed by atoms with van der Waals surface area (Å²) >= 11 is 1.59. The Kier molecular flexibility index (Phi) is 24.3. The van der Waals surface area contributed by atoms with Crippen LogP contribution >= 0.6 is 11.8 Å². The summed E-state index contributed by atoms with van der Waals surface area (Å²) in [6.45, 7) is 0. The predicted octanol–water partition coefficient (Wildman–Crippen LogP) is 4.48. The highest BCUT2D eigenvalue weighted by molar-refractivity contribution is 7.99. The molecule has 0 aliphatic rings. The lowest BCUT2D eigenvalue weighted by molar-refractivity contribution is -0.634. The molecule has 0 bridgehead atoms. The normalized spacial score (nSPS) is 10.4. The second-order valence-corrected chi connectivity index (χ2v) is 21.8. The lowest BCUT2D eigenvalue weighted by atomic mass is 10.2. The highest BCUT2D eigenvalue weighted by Crippen LogP contribution is 2.33. The molecule has 0 amide bonds. The van der Waals surface area contributed by atoms with Crippen LogP contribution in [0.3, 0.4) is 0 Å². The molecule has 0 saturated carbocycles. The maximum Gasteiger partial charge on any atom is 0.357 e. The summed E-state index contributed by atoms with van der Waals surface area (Å²) in [6.07, 6.45) is 1.36. The van der Waals surface area contributed by atoms with E-state index in [-0.39, 0.29) is 44.0 Å². The minimum Gasteiger partial charge on any atom is -0.707 e. The van der Waals surface area contributed by atoms with Crippen LogP contribution in [-0.4, -0.2) is 55.5 Å². The van der Waals surface area contributed by atoms with Gasteiger partial charge in [-0.2, -0.15) is 0 Å². The lowest BCUT2D eigenvalue weighted by Gasteiger charge is -2.10. The molecule has 0 N–H and O–H groups in total. The van der Waals surface area contributed by atoms with E-state index >= 15 is 0 Å². The molecule has 0 aromatic heterocycles. The van der Waals surface area contributed by atoms with Crippen molar-refractivity contribution < 1.29 is 76.3 Å². The lowest BCUT2D eigenvalue weighted by Crippen LogP contribution is -3.61. The number of ether oxygens (including phenoxy) is 2. The minimum atomic E-state index is -3.72. The van der Waals surface area contributed by atoms with Gasteiger partial charge in [0.1, 0.15) is 16.5 Å². The zero-order valence-electron chi connectivity index (χ0n) is 35.5. The average Bonchev–Trinajstić information content (AvgIpc) is 3.33. The monoisotopic (exact) mass is 1070 g/mol. The number of rotatable bonds is 11. The summed E-state index contributed by atoms with van der Waals surface area (Å²) in [7, 11) is -4.97. The van der Waals surface area contributed by atoms with Gasteiger partial charge in [0, 0.05) is 9.79 Å². The molecule has 0 radical (unpaired) electrons. The van der Waals surface area contributed by atoms with Crippen LogP contribution in [-0.2, 0) is 49.3 Å². The van der Waals surface area contributed by atoms with Gasteiger partial charge in [-0.3, -0.25) is 0 Å². The van der Waals surface area contributed by atoms with E-state index in [0.29, 0.717) is 23.6 Å². The van der Waals surface area contributed by atoms with Crippen LogP contribution in [0.4, 0.5) is 0 Å². The number of esters is 2. The first kappa shape index (κ1) is 54.0. The molecule has 17 heteroatoms. The van der Waals surface area contributed by atoms with Crippen molar-refractivity contribution in [1.29, 1.82) is 0 Å². The van der Waals surface area contributed by atoms with Crippen LogP contribution in [0.1, 0.15) is 20.7 Å². The van der Waals surface area contributed by atoms with Crippen molar-refractivity contribution in [3.63, 3.8) is 0 Å². The molecule has 12 nitrogen and oxygen atoms in total. The second kappa shape index (κ2) is 29.2. The Bertz CT molecular complexity index is 2570. The summed E-state index contributed by atoms with van der Waals surface area (Å²) in [5, 5.41) is 17.7. The zero-order valence-corrected chi connectivity index (χ0v) is 40.9. The molecule has 0 saturated heterocycles. The summed E-state index contributed by atoms with van der Waals surface area (Å²) in [6, 6.07) is 67.0. The van der Waals surface area contributed by atoms with Crippen LogP contribution in [0.5, 0.6) is 0 Å². The molecular formula is C48H45IO12S4. The number of carbonyl (C=O) groups excluding carboxylic acids is 2. The Morgan fingerprint density at radius 2 is 0.800 bits per heavy atom. The highest BCUT2D eigenvalue weighted by Gasteiger charge is 2.33. The second-order valence-electron chi connectivity index (χ2n) is 12.6. The zero-order chi connectivity index (χ0) is 47.5. The van der Waals surface area contributed by atoms with E-state index < -0.39 is 20.2 Å². The average molecular weight is 1070 g/mol. The first-order valence-corrected chi connectivity index (χ1v) is 26.7. The van der Waals surface area contributed by atoms with E-state index in [9.17, 15) is 26.4 Å². The Balaban J connectivity index is 0.000000236. The van der Waals surface area contributed by atoms with Gasteiger partial charge in [0.2, 0.25) is 0 Å². The predicted molar refractivity (Wildman–Crippen MR) is 243 cm³/mol. The van der Waals surface area contributed by atoms with Crippen LogP contribution in [0.15, 0.2) is 225 Å². The molecule has 0 unspecified atom stereocenters. The fourth-order valence-corrected chi connectivity index (χ4v) is 10.4. The fraction of sp³-hybridized carbons (Fsp3) is 0.0833. The van der Waals surface area contributed by atoms with Gasteiger partial charge in [-0.05, 0) is 84.9 Å². The Morgan fingerprint density at radius 1 is 0.477 bits per heavy atom. The van der Waals surface area contributed by atoms with Crippen LogP contribution in [0.25, 0.3) is 0 Å². The Hall–Kier alpha value is -5.35. The third kappa shape index (κ3) is 21.0. The number of benzene rings is 7. The highest BCUT2D eigenvalue weighted by atomic mass is 127. The number of methoxy groups -OCH3 is 2. The minimum absolute atomic E-state index is 0.0287. The summed E-state index contributed by atoms with van der Waals surface area (Å²) in [5.74, 6) is -0.603. The molecule has 0 aliphatic carbocycles. The van der Waals surface area contributed by atoms with E-state index in [1.54, 1.807) is 17.8 Å². The first-order valence-electron chi connectivity index (χ1n) is 18.9. The van der Waals surface area contributed by atoms with Crippen molar-refractivity contribution in [1.82, 2.24) is 0 Å². The number of hydrogen-bond donors (Lipinski definition) is 0. The molecule has 340 valence electrons. The quantitative estimate of drug-likeness (QED) is 0.0582. The third-order valence-electron chi connectivity index (χ3n) is 7.67. The molecule has 0 heterocycles. The largest absolute Gasteiger partial charge is 0.707 e. The van der Waals surface area contributed by atoms with Crippen molar-refractivity contribution in [3.8, 4) is 0 Å². The van der Waals surface area contributed by atoms with E-state index in [1.165, 1.54) is 31.2 Å². The van der Waals surface area contributed by atoms with Gasteiger partial charge in [0.25, 0.3) is 20.2 Å². The smallest absolute Gasteiger partial charge is 0.357 e. The summed E-state index contributed by atoms with van der Waals surface area (Å²) < 4.78 is 55.9. The van der Waals surface area contributed by atoms with Gasteiger partial charge in [0.05, 0.1) is 32.3 Å². The maximum absolute atomic E-state index is 12.2. The SMILES string of the molecule is COC(=O)c1ccccc1Sc1ccccc1.COC(=O)c1ccccc1[S+](c1ccccc1)c1ccccc1.CS(=O)(=O)O[O-].CS(=O)(=O)O[O-].c1ccc([I+]c2ccccc2)cc1. The molecule has 0 fully saturated rings. The van der Waals surface area contributed by atoms with Crippen molar-refractivity contribution in [2.24, 2.45) is 0 Å². The van der Waals surface area contributed by atoms with Gasteiger partial charge < -0.3 is 28.7 Å². The summed E-state index contributed by atoms with van der Waals surface area (Å²) in [4.78, 5) is 29.1. The van der Waals surface area contributed by atoms with Crippen LogP contribution in [0.2, 0.25) is 0 Å². The third-order valence-corrected chi connectivity index (χ3v) is 14.2. The Labute approximate surface area is 397 Å². The van der Waals surface area contributed by atoms with Crippen LogP contribution < -0.4 is 31.7 Å². The van der Waals surface area contributed by atoms with Gasteiger partial charge in [-0.15, -0.1) is 0 Å². The van der Waals surface area contributed by atoms with Gasteiger partial charge in [-0.25, -0.2) is 26.4 Å². The molecular weight excluding hydrogens is 1020 g/mol. The molecule has 7 rings (SSSR count). The summed E-state index contributed by atoms with van der Waals surface area (Å²) in [5.41, 5.74) is 1.22. The van der Waals surface area contributed by atoms with Crippen molar-refractivity contribution in [2.45, 2.75) is 24.5 Å². The molecule has 7 aromatic rings. The van der Waals surface area contributed by atoms with Gasteiger partial charge >= 0.3 is 33.1 Å². The van der Waals surface area contributed by atoms with E-state index in [2.05, 4.69) is 93.6 Å². The van der Waals surface area contributed by atoms with Crippen molar-refractivity contribution in [2.75, 3.05) is 26.7 Å². The fourth-order valence-electron chi connectivity index (χ4n) is 4.96. The van der Waals surface area contributed by atoms with Crippen molar-refractivity contribution in [3.05, 3.63) is 218 Å². The number of hydrogen-bond acceptors (Lipinski definition) is 13. The first-order chi connectivity index (χ1) is 31.2. The molecule has 0 aliphatic heterocycles. The number of carbonyl (C=O) groups is 2. The van der Waals surface area contributed by atoms with E-state index in [4.69, 9.17) is 20.0 Å². The Morgan fingerprint density at radius 3 is 1.20 bits per heavy atom. The molecule has 7 aromatic carbocycles. The molecule has 0 spiro atoms. The van der Waals surface area contributed by atoms with E-state index in [1.807, 2.05) is 109 Å². The molecule has 65 heavy (non-hydrogen) atoms. The van der Waals surface area contributed by atoms with Crippen molar-refractivity contribution >= 4 is 54.8 Å². The topological polar surface area (TPSA) is 185 Å². The number of halogens is 1. The standard InChI is InChI=1S/C20H17O2S.C14H12O2S.C12H10I.2CH4O4S/c1-22-20(21)18-14-8-9-15-19(18)23(16-10-4-2-5-11-16)17-12-6-3-7-13-17;1-16-14(15)12-9-5-6-10-13(12)17-11-7-3-2-4-8-11;1-3-7-11(8-4-1)13-12-9-5-2-6-10-12;2*1-6(3,4)5-2/h2-15H,1H3;2-10H,1H3;1-10H;2*2H,1H3/q+1;;+1;;/p-2. The molecule has 0 atom stereocenters.